The van der Waals surface area contributed by atoms with E-state index in [0.717, 1.165) is 6.54 Å². The van der Waals surface area contributed by atoms with Gasteiger partial charge in [0.05, 0.1) is 0 Å². The van der Waals surface area contributed by atoms with E-state index in [-0.39, 0.29) is 12.4 Å². The number of benzene rings is 1. The van der Waals surface area contributed by atoms with E-state index in [9.17, 15) is 0 Å². The zero-order valence-corrected chi connectivity index (χ0v) is 13.9. The number of nitrogens with zero attached hydrogens (tertiary/aromatic N) is 1. The molecule has 0 atom stereocenters. The van der Waals surface area contributed by atoms with E-state index in [0.29, 0.717) is 5.41 Å². The Kier molecular flexibility index (Phi) is 5.79. The monoisotopic (exact) mass is 312 g/mol. The summed E-state index contributed by atoms with van der Waals surface area (Å²) in [5, 5.41) is 3.49. The Balaban J connectivity index is 0.00000147. The summed E-state index contributed by atoms with van der Waals surface area (Å²) in [4.78, 5) is 4.01. The molecule has 0 radical (unpaired) electrons. The zero-order valence-electron chi connectivity index (χ0n) is 12.2. The van der Waals surface area contributed by atoms with Crippen molar-refractivity contribution in [2.75, 3.05) is 32.4 Å². The van der Waals surface area contributed by atoms with Crippen molar-refractivity contribution in [2.45, 2.75) is 30.7 Å². The van der Waals surface area contributed by atoms with E-state index < -0.39 is 0 Å². The number of nitrogens with one attached hydrogen (secondary N) is 1. The summed E-state index contributed by atoms with van der Waals surface area (Å²) < 4.78 is 0. The fraction of sp³-hybridized carbons (Fsp3) is 0.625. The lowest BCUT2D eigenvalue weighted by Gasteiger charge is -2.33. The van der Waals surface area contributed by atoms with Gasteiger partial charge in [-0.25, -0.2) is 0 Å². The number of halogens is 1. The van der Waals surface area contributed by atoms with Crippen molar-refractivity contribution < 1.29 is 0 Å². The Labute approximate surface area is 133 Å². The third kappa shape index (κ3) is 3.70. The molecule has 20 heavy (non-hydrogen) atoms. The number of rotatable bonds is 3. The second-order valence-electron chi connectivity index (χ2n) is 6.06. The third-order valence-electron chi connectivity index (χ3n) is 4.75. The maximum Gasteiger partial charge on any atom is 0.0233 e. The largest absolute Gasteiger partial charge is 0.317 e. The van der Waals surface area contributed by atoms with Gasteiger partial charge in [-0.05, 0) is 68.3 Å². The second kappa shape index (κ2) is 7.17. The molecular weight excluding hydrogens is 288 g/mol. The van der Waals surface area contributed by atoms with Gasteiger partial charge in [0.1, 0.15) is 0 Å². The van der Waals surface area contributed by atoms with Crippen LogP contribution in [-0.2, 0) is 6.54 Å². The molecule has 2 fully saturated rings. The van der Waals surface area contributed by atoms with Crippen molar-refractivity contribution in [3.05, 3.63) is 29.8 Å². The van der Waals surface area contributed by atoms with E-state index in [1.807, 2.05) is 11.8 Å². The number of hydrogen-bond donors (Lipinski definition) is 1. The highest BCUT2D eigenvalue weighted by Gasteiger charge is 2.38. The van der Waals surface area contributed by atoms with E-state index >= 15 is 0 Å². The van der Waals surface area contributed by atoms with Gasteiger partial charge in [0.2, 0.25) is 0 Å². The molecule has 0 bridgehead atoms. The molecule has 1 aromatic rings. The van der Waals surface area contributed by atoms with Crippen LogP contribution >= 0.6 is 24.2 Å². The maximum atomic E-state index is 3.49. The number of hydrogen-bond acceptors (Lipinski definition) is 3. The number of piperidine rings is 1. The van der Waals surface area contributed by atoms with Crippen LogP contribution in [0.15, 0.2) is 29.2 Å². The molecule has 112 valence electrons. The molecule has 2 nitrogen and oxygen atoms in total. The zero-order chi connectivity index (χ0) is 13.1. The van der Waals surface area contributed by atoms with Crippen molar-refractivity contribution in [2.24, 2.45) is 5.41 Å². The number of likely N-dealkylation sites (tertiary alicyclic amines) is 1. The van der Waals surface area contributed by atoms with Gasteiger partial charge in [0.15, 0.2) is 0 Å². The fourth-order valence-corrected chi connectivity index (χ4v) is 3.93. The Bertz CT molecular complexity index is 415. The quantitative estimate of drug-likeness (QED) is 0.861. The summed E-state index contributed by atoms with van der Waals surface area (Å²) in [6.45, 7) is 6.15. The van der Waals surface area contributed by atoms with Gasteiger partial charge in [0.25, 0.3) is 0 Å². The van der Waals surface area contributed by atoms with Crippen molar-refractivity contribution in [1.29, 1.82) is 0 Å². The summed E-state index contributed by atoms with van der Waals surface area (Å²) >= 11 is 1.82. The van der Waals surface area contributed by atoms with Crippen LogP contribution < -0.4 is 5.32 Å². The summed E-state index contributed by atoms with van der Waals surface area (Å²) in [5.41, 5.74) is 2.09. The first-order chi connectivity index (χ1) is 9.30. The highest BCUT2D eigenvalue weighted by Crippen LogP contribution is 2.39. The van der Waals surface area contributed by atoms with Gasteiger partial charge in [0, 0.05) is 18.0 Å². The molecule has 3 rings (SSSR count). The van der Waals surface area contributed by atoms with Crippen LogP contribution in [0.4, 0.5) is 0 Å². The van der Waals surface area contributed by atoms with Gasteiger partial charge in [-0.1, -0.05) is 12.1 Å². The van der Waals surface area contributed by atoms with Crippen LogP contribution in [-0.4, -0.2) is 37.3 Å². The minimum Gasteiger partial charge on any atom is -0.317 e. The lowest BCUT2D eigenvalue weighted by atomic mass is 9.78. The summed E-state index contributed by atoms with van der Waals surface area (Å²) in [6.07, 6.45) is 6.28. The molecule has 2 aliphatic rings. The topological polar surface area (TPSA) is 15.3 Å². The minimum atomic E-state index is 0. The lowest BCUT2D eigenvalue weighted by molar-refractivity contribution is 0.194. The van der Waals surface area contributed by atoms with Crippen LogP contribution in [0.2, 0.25) is 0 Å². The third-order valence-corrected chi connectivity index (χ3v) is 5.49. The molecule has 2 aliphatic heterocycles. The molecule has 0 saturated carbocycles. The minimum absolute atomic E-state index is 0. The van der Waals surface area contributed by atoms with Crippen LogP contribution in [0.1, 0.15) is 24.8 Å². The predicted molar refractivity (Wildman–Crippen MR) is 89.9 cm³/mol. The predicted octanol–water partition coefficient (Wildman–Crippen LogP) is 3.41. The van der Waals surface area contributed by atoms with Crippen LogP contribution in [0, 0.1) is 5.41 Å². The van der Waals surface area contributed by atoms with E-state index in [2.05, 4.69) is 40.7 Å². The highest BCUT2D eigenvalue weighted by molar-refractivity contribution is 7.98. The molecule has 0 aliphatic carbocycles. The Morgan fingerprint density at radius 3 is 2.50 bits per heavy atom. The molecular formula is C16H25ClN2S. The molecule has 2 heterocycles. The molecule has 1 spiro atoms. The average Bonchev–Trinajstić information content (AvgIpc) is 2.83. The summed E-state index contributed by atoms with van der Waals surface area (Å²) in [6, 6.07) is 9.07. The molecule has 0 unspecified atom stereocenters. The van der Waals surface area contributed by atoms with Gasteiger partial charge in [-0.3, -0.25) is 4.90 Å². The summed E-state index contributed by atoms with van der Waals surface area (Å²) in [5.74, 6) is 0. The van der Waals surface area contributed by atoms with Crippen molar-refractivity contribution in [3.8, 4) is 0 Å². The van der Waals surface area contributed by atoms with Crippen LogP contribution in [0.3, 0.4) is 0 Å². The lowest BCUT2D eigenvalue weighted by Crippen LogP contribution is -2.38. The van der Waals surface area contributed by atoms with Crippen molar-refractivity contribution in [3.63, 3.8) is 0 Å². The van der Waals surface area contributed by atoms with Crippen LogP contribution in [0.5, 0.6) is 0 Å². The molecule has 0 aromatic heterocycles. The van der Waals surface area contributed by atoms with Gasteiger partial charge >= 0.3 is 0 Å². The fourth-order valence-electron chi connectivity index (χ4n) is 3.52. The standard InChI is InChI=1S/C16H24N2S.ClH/c1-19-15-4-2-14(3-5-15)12-18-11-8-16(13-18)6-9-17-10-7-16;/h2-5,17H,6-13H2,1H3;1H. The average molecular weight is 313 g/mol. The van der Waals surface area contributed by atoms with Gasteiger partial charge in [-0.2, -0.15) is 0 Å². The molecule has 0 amide bonds. The van der Waals surface area contributed by atoms with E-state index in [1.165, 1.54) is 55.9 Å². The smallest absolute Gasteiger partial charge is 0.0233 e. The van der Waals surface area contributed by atoms with E-state index in [1.54, 1.807) is 0 Å². The van der Waals surface area contributed by atoms with E-state index in [4.69, 9.17) is 0 Å². The normalized spacial score (nSPS) is 21.9. The first kappa shape index (κ1) is 16.2. The SMILES string of the molecule is CSc1ccc(CN2CCC3(CCNCC3)C2)cc1.Cl. The molecule has 4 heteroatoms. The number of thioether (sulfide) groups is 1. The highest BCUT2D eigenvalue weighted by atomic mass is 35.5. The Morgan fingerprint density at radius 2 is 1.85 bits per heavy atom. The van der Waals surface area contributed by atoms with Crippen molar-refractivity contribution in [1.82, 2.24) is 10.2 Å². The second-order valence-corrected chi connectivity index (χ2v) is 6.94. The maximum absolute atomic E-state index is 3.49. The van der Waals surface area contributed by atoms with Crippen LogP contribution in [0.25, 0.3) is 0 Å². The first-order valence-corrected chi connectivity index (χ1v) is 8.58. The summed E-state index contributed by atoms with van der Waals surface area (Å²) in [7, 11) is 0. The van der Waals surface area contributed by atoms with Crippen molar-refractivity contribution >= 4 is 24.2 Å². The molecule has 1 aromatic carbocycles. The van der Waals surface area contributed by atoms with Gasteiger partial charge in [-0.15, -0.1) is 24.2 Å². The first-order valence-electron chi connectivity index (χ1n) is 7.36. The molecule has 1 N–H and O–H groups in total. The Hall–Kier alpha value is -0.220. The molecule has 2 saturated heterocycles. The van der Waals surface area contributed by atoms with Gasteiger partial charge < -0.3 is 5.32 Å². The Morgan fingerprint density at radius 1 is 1.15 bits per heavy atom.